The summed E-state index contributed by atoms with van der Waals surface area (Å²) < 4.78 is 13.9. The Balaban J connectivity index is 0.00000240. The number of hydrogen-bond donors (Lipinski definition) is 2. The number of aromatic nitrogens is 2. The molecule has 1 fully saturated rings. The van der Waals surface area contributed by atoms with E-state index in [2.05, 4.69) is 4.98 Å². The maximum Gasteiger partial charge on any atom is 1.00 e. The Morgan fingerprint density at radius 2 is 2.17 bits per heavy atom. The molecule has 1 saturated heterocycles. The molecular formula is C17H18N3NaO6S2. The van der Waals surface area contributed by atoms with Gasteiger partial charge in [0, 0.05) is 17.7 Å². The molecule has 2 aromatic heterocycles. The summed E-state index contributed by atoms with van der Waals surface area (Å²) in [5.41, 5.74) is 0.295. The molecule has 150 valence electrons. The minimum Gasteiger partial charge on any atom is -0.543 e. The number of amides is 1. The maximum absolute atomic E-state index is 12.4. The van der Waals surface area contributed by atoms with Crippen LogP contribution in [0.1, 0.15) is 18.7 Å². The molecule has 12 heteroatoms. The number of thiazole rings is 1. The topological polar surface area (TPSA) is 135 Å². The van der Waals surface area contributed by atoms with Crippen LogP contribution in [0.4, 0.5) is 0 Å². The van der Waals surface area contributed by atoms with Crippen molar-refractivity contribution in [3.63, 3.8) is 0 Å². The van der Waals surface area contributed by atoms with Gasteiger partial charge in [-0.2, -0.15) is 0 Å². The molecule has 2 aliphatic heterocycles. The Hall–Kier alpha value is -1.08. The van der Waals surface area contributed by atoms with Gasteiger partial charge in [0.15, 0.2) is 5.03 Å². The average Bonchev–Trinajstić information content (AvgIpc) is 3.24. The van der Waals surface area contributed by atoms with Gasteiger partial charge < -0.3 is 25.0 Å². The number of nitrogens with zero attached hydrogens (tertiary/aromatic N) is 3. The molecule has 29 heavy (non-hydrogen) atoms. The van der Waals surface area contributed by atoms with Crippen LogP contribution in [0.5, 0.6) is 0 Å². The summed E-state index contributed by atoms with van der Waals surface area (Å²) in [6.07, 6.45) is 2.29. The van der Waals surface area contributed by atoms with Gasteiger partial charge >= 0.3 is 29.6 Å². The number of carbonyl (C=O) groups excluding carboxylic acids is 2. The van der Waals surface area contributed by atoms with Gasteiger partial charge in [0.1, 0.15) is 11.2 Å². The number of carboxylic acid groups (broad SMARTS) is 1. The summed E-state index contributed by atoms with van der Waals surface area (Å²) in [6.45, 7) is 3.11. The molecule has 2 N–H and O–H groups in total. The zero-order valence-corrected chi connectivity index (χ0v) is 19.7. The Morgan fingerprint density at radius 3 is 2.76 bits per heavy atom. The molecular weight excluding hydrogens is 429 g/mol. The first-order chi connectivity index (χ1) is 13.3. The Kier molecular flexibility index (Phi) is 6.40. The zero-order chi connectivity index (χ0) is 20.3. The number of rotatable bonds is 6. The van der Waals surface area contributed by atoms with Crippen LogP contribution in [0.25, 0.3) is 10.4 Å². The smallest absolute Gasteiger partial charge is 0.543 e. The molecule has 0 saturated carbocycles. The van der Waals surface area contributed by atoms with Gasteiger partial charge in [0.05, 0.1) is 57.8 Å². The normalized spacial score (nSPS) is 25.6. The number of imidazole rings is 1. The first-order valence-electron chi connectivity index (χ1n) is 8.70. The fourth-order valence-electron chi connectivity index (χ4n) is 4.12. The van der Waals surface area contributed by atoms with Crippen LogP contribution < -0.4 is 34.7 Å². The quantitative estimate of drug-likeness (QED) is 0.339. The third-order valence-corrected chi connectivity index (χ3v) is 7.86. The minimum atomic E-state index is -1.47. The zero-order valence-electron chi connectivity index (χ0n) is 16.1. The van der Waals surface area contributed by atoms with Crippen molar-refractivity contribution in [2.24, 2.45) is 11.8 Å². The molecule has 2 aromatic rings. The number of aliphatic hydroxyl groups is 2. The number of aliphatic hydroxyl groups excluding tert-OH is 2. The van der Waals surface area contributed by atoms with Gasteiger partial charge in [0.2, 0.25) is 5.91 Å². The van der Waals surface area contributed by atoms with Crippen molar-refractivity contribution in [3.8, 4) is 0 Å². The molecule has 2 aliphatic rings. The van der Waals surface area contributed by atoms with Gasteiger partial charge in [-0.15, -0.1) is 11.3 Å². The third kappa shape index (κ3) is 3.32. The molecule has 0 aromatic carbocycles. The second-order valence-electron chi connectivity index (χ2n) is 6.93. The Morgan fingerprint density at radius 1 is 1.48 bits per heavy atom. The van der Waals surface area contributed by atoms with Crippen molar-refractivity contribution >= 4 is 44.4 Å². The van der Waals surface area contributed by atoms with Gasteiger partial charge in [-0.1, -0.05) is 6.92 Å². The van der Waals surface area contributed by atoms with Crippen molar-refractivity contribution in [2.75, 3.05) is 12.4 Å². The van der Waals surface area contributed by atoms with Crippen molar-refractivity contribution in [1.29, 1.82) is 0 Å². The van der Waals surface area contributed by atoms with Gasteiger partial charge in [0.25, 0.3) is 0 Å². The summed E-state index contributed by atoms with van der Waals surface area (Å²) in [7, 11) is -1.47. The Labute approximate surface area is 194 Å². The second-order valence-corrected chi connectivity index (χ2v) is 9.45. The summed E-state index contributed by atoms with van der Waals surface area (Å²) in [6, 6.07) is -0.432. The first kappa shape index (κ1) is 22.6. The largest absolute Gasteiger partial charge is 1.00 e. The fraction of sp³-hybridized carbons (Fsp3) is 0.471. The molecule has 9 nitrogen and oxygen atoms in total. The summed E-state index contributed by atoms with van der Waals surface area (Å²) in [5.74, 6) is -2.77. The molecule has 1 amide bonds. The van der Waals surface area contributed by atoms with Crippen molar-refractivity contribution in [1.82, 2.24) is 14.3 Å². The molecule has 0 bridgehead atoms. The van der Waals surface area contributed by atoms with Crippen LogP contribution in [0.15, 0.2) is 23.2 Å². The van der Waals surface area contributed by atoms with E-state index in [9.17, 15) is 24.0 Å². The number of carbonyl (C=O) groups is 2. The van der Waals surface area contributed by atoms with Crippen LogP contribution in [0.2, 0.25) is 0 Å². The molecule has 0 spiro atoms. The SMILES string of the molecule is C[C@@H](O)[C@H]1C(=O)N2C(C(=O)[O-])=C(c3cn4cnc(S(=O)CCO)c4s3)[C@H](C)[C@H]12.[Na+]. The molecule has 0 aliphatic carbocycles. The van der Waals surface area contributed by atoms with Crippen molar-refractivity contribution in [2.45, 2.75) is 31.0 Å². The summed E-state index contributed by atoms with van der Waals surface area (Å²) in [5, 5.41) is 31.1. The van der Waals surface area contributed by atoms with Gasteiger partial charge in [-0.25, -0.2) is 4.98 Å². The van der Waals surface area contributed by atoms with E-state index >= 15 is 0 Å². The van der Waals surface area contributed by atoms with E-state index in [4.69, 9.17) is 5.11 Å². The monoisotopic (exact) mass is 447 g/mol. The predicted molar refractivity (Wildman–Crippen MR) is 98.3 cm³/mol. The van der Waals surface area contributed by atoms with Crippen molar-refractivity contribution in [3.05, 3.63) is 23.1 Å². The van der Waals surface area contributed by atoms with Crippen molar-refractivity contribution < 1.29 is 58.7 Å². The van der Waals surface area contributed by atoms with E-state index in [0.717, 1.165) is 0 Å². The van der Waals surface area contributed by atoms with E-state index in [0.29, 0.717) is 20.3 Å². The van der Waals surface area contributed by atoms with E-state index in [1.807, 2.05) is 6.92 Å². The molecule has 4 rings (SSSR count). The predicted octanol–water partition coefficient (Wildman–Crippen LogP) is -4.18. The van der Waals surface area contributed by atoms with Crippen LogP contribution in [-0.4, -0.2) is 65.1 Å². The van der Waals surface area contributed by atoms with Crippen LogP contribution >= 0.6 is 11.3 Å². The molecule has 5 atom stereocenters. The van der Waals surface area contributed by atoms with E-state index in [1.54, 1.807) is 10.6 Å². The standard InChI is InChI=1S/C17H19N3O6S2.Na/c1-7-10(13(17(24)25)20-12(7)11(8(2)22)15(20)23)9-5-19-6-18-14(16(19)27-9)28(26)4-3-21;/h5-8,11-12,21-22H,3-4H2,1-2H3,(H,24,25);/q;+1/p-1/t7-,8+,11+,12+,28?;/m0./s1. The maximum atomic E-state index is 12.4. The summed E-state index contributed by atoms with van der Waals surface area (Å²) in [4.78, 5) is 30.8. The van der Waals surface area contributed by atoms with Crippen LogP contribution in [0, 0.1) is 11.8 Å². The number of hydrogen-bond acceptors (Lipinski definition) is 8. The molecule has 0 radical (unpaired) electrons. The Bertz CT molecular complexity index is 1050. The first-order valence-corrected chi connectivity index (χ1v) is 10.8. The minimum absolute atomic E-state index is 0. The third-order valence-electron chi connectivity index (χ3n) is 5.30. The van der Waals surface area contributed by atoms with Gasteiger partial charge in [-0.3, -0.25) is 13.4 Å². The number of carboxylic acids is 1. The molecule has 4 heterocycles. The number of β-lactam (4-membered cyclic amide) rings is 1. The molecule has 1 unspecified atom stereocenters. The average molecular weight is 447 g/mol. The van der Waals surface area contributed by atoms with Crippen LogP contribution in [-0.2, 0) is 20.4 Å². The van der Waals surface area contributed by atoms with Gasteiger partial charge in [-0.05, 0) is 6.92 Å². The van der Waals surface area contributed by atoms with E-state index in [-0.39, 0.29) is 53.5 Å². The summed E-state index contributed by atoms with van der Waals surface area (Å²) >= 11 is 1.23. The second kappa shape index (κ2) is 8.22. The van der Waals surface area contributed by atoms with E-state index < -0.39 is 40.7 Å². The number of aliphatic carboxylic acids is 1. The fourth-order valence-corrected chi connectivity index (χ4v) is 6.46. The van der Waals surface area contributed by atoms with E-state index in [1.165, 1.54) is 29.5 Å². The number of fused-ring (bicyclic) bond motifs is 2. The van der Waals surface area contributed by atoms with Crippen LogP contribution in [0.3, 0.4) is 0 Å².